The van der Waals surface area contributed by atoms with E-state index in [1.54, 1.807) is 0 Å². The lowest BCUT2D eigenvalue weighted by Crippen LogP contribution is -2.13. The summed E-state index contributed by atoms with van der Waals surface area (Å²) in [7, 11) is -2.85. The monoisotopic (exact) mass is 287 g/mol. The van der Waals surface area contributed by atoms with Crippen molar-refractivity contribution in [1.82, 2.24) is 15.0 Å². The van der Waals surface area contributed by atoms with Gasteiger partial charge in [-0.1, -0.05) is 6.92 Å². The third kappa shape index (κ3) is 4.42. The highest BCUT2D eigenvalue weighted by Crippen LogP contribution is 2.13. The van der Waals surface area contributed by atoms with E-state index in [0.717, 1.165) is 0 Å². The molecular weight excluding hydrogens is 281 g/mol. The SMILES string of the molecule is CCCS(=O)(=S)Oc1nc(Cl)nc(Cl)n1. The van der Waals surface area contributed by atoms with Crippen LogP contribution >= 0.6 is 23.2 Å². The van der Waals surface area contributed by atoms with E-state index >= 15 is 0 Å². The molecule has 0 amide bonds. The summed E-state index contributed by atoms with van der Waals surface area (Å²) in [6.45, 7) is 1.84. The van der Waals surface area contributed by atoms with E-state index < -0.39 is 8.77 Å². The van der Waals surface area contributed by atoms with E-state index in [1.807, 2.05) is 6.92 Å². The van der Waals surface area contributed by atoms with Crippen LogP contribution < -0.4 is 4.18 Å². The molecule has 1 heterocycles. The highest BCUT2D eigenvalue weighted by Gasteiger charge is 2.11. The summed E-state index contributed by atoms with van der Waals surface area (Å²) < 4.78 is 16.5. The topological polar surface area (TPSA) is 65.0 Å². The minimum atomic E-state index is -2.85. The van der Waals surface area contributed by atoms with Gasteiger partial charge in [0.2, 0.25) is 10.6 Å². The molecule has 0 aliphatic carbocycles. The summed E-state index contributed by atoms with van der Waals surface area (Å²) in [5.74, 6) is 0.239. The first kappa shape index (κ1) is 12.8. The first-order chi connectivity index (χ1) is 6.93. The molecule has 0 N–H and O–H groups in total. The number of halogens is 2. The van der Waals surface area contributed by atoms with Gasteiger partial charge in [-0.05, 0) is 29.6 Å². The lowest BCUT2D eigenvalue weighted by Gasteiger charge is -2.06. The fraction of sp³-hybridized carbons (Fsp3) is 0.500. The van der Waals surface area contributed by atoms with Crippen molar-refractivity contribution >= 4 is 43.2 Å². The maximum atomic E-state index is 11.6. The van der Waals surface area contributed by atoms with E-state index in [4.69, 9.17) is 38.6 Å². The van der Waals surface area contributed by atoms with Crippen molar-refractivity contribution in [2.24, 2.45) is 0 Å². The van der Waals surface area contributed by atoms with Gasteiger partial charge in [-0.25, -0.2) is 4.21 Å². The molecule has 0 aromatic carbocycles. The summed E-state index contributed by atoms with van der Waals surface area (Å²) in [4.78, 5) is 10.7. The molecule has 1 aromatic heterocycles. The zero-order chi connectivity index (χ0) is 11.5. The van der Waals surface area contributed by atoms with Gasteiger partial charge in [0.25, 0.3) is 0 Å². The second-order valence-electron chi connectivity index (χ2n) is 2.50. The molecule has 1 rings (SSSR count). The van der Waals surface area contributed by atoms with Crippen LogP contribution in [-0.4, -0.2) is 24.9 Å². The molecule has 9 heteroatoms. The molecule has 0 aliphatic heterocycles. The maximum Gasteiger partial charge on any atom is 0.336 e. The van der Waals surface area contributed by atoms with Crippen molar-refractivity contribution in [3.8, 4) is 6.01 Å². The Morgan fingerprint density at radius 1 is 1.33 bits per heavy atom. The summed E-state index contributed by atoms with van der Waals surface area (Å²) in [6, 6.07) is -0.214. The molecule has 0 radical (unpaired) electrons. The largest absolute Gasteiger partial charge is 0.362 e. The van der Waals surface area contributed by atoms with Gasteiger partial charge in [0.05, 0.1) is 5.75 Å². The number of nitrogens with zero attached hydrogens (tertiary/aromatic N) is 3. The molecule has 0 fully saturated rings. The molecule has 84 valence electrons. The molecule has 1 aromatic rings. The molecule has 5 nitrogen and oxygen atoms in total. The van der Waals surface area contributed by atoms with Crippen LogP contribution in [0.1, 0.15) is 13.3 Å². The van der Waals surface area contributed by atoms with Crippen molar-refractivity contribution in [3.63, 3.8) is 0 Å². The normalized spacial score (nSPS) is 14.6. The third-order valence-corrected chi connectivity index (χ3v) is 3.57. The Balaban J connectivity index is 2.90. The van der Waals surface area contributed by atoms with Gasteiger partial charge in [-0.15, -0.1) is 0 Å². The Labute approximate surface area is 102 Å². The van der Waals surface area contributed by atoms with Crippen LogP contribution in [0, 0.1) is 0 Å². The average Bonchev–Trinajstić information content (AvgIpc) is 1.99. The number of rotatable bonds is 4. The van der Waals surface area contributed by atoms with Crippen LogP contribution in [0.2, 0.25) is 10.6 Å². The summed E-state index contributed by atoms with van der Waals surface area (Å²) in [5, 5.41) is -0.265. The fourth-order valence-corrected chi connectivity index (χ4v) is 2.67. The Morgan fingerprint density at radius 2 is 1.87 bits per heavy atom. The smallest absolute Gasteiger partial charge is 0.336 e. The second-order valence-corrected chi connectivity index (χ2v) is 6.39. The van der Waals surface area contributed by atoms with Crippen LogP contribution in [0.4, 0.5) is 0 Å². The number of aromatic nitrogens is 3. The van der Waals surface area contributed by atoms with E-state index in [1.165, 1.54) is 0 Å². The van der Waals surface area contributed by atoms with Crippen molar-refractivity contribution in [2.45, 2.75) is 13.3 Å². The number of hydrogen-bond donors (Lipinski definition) is 0. The standard InChI is InChI=1S/C6H7Cl2N3O2S2/c1-2-3-15(12,14)13-6-10-4(7)9-5(8)11-6/h2-3H2,1H3. The van der Waals surface area contributed by atoms with Crippen LogP contribution in [0.15, 0.2) is 0 Å². The van der Waals surface area contributed by atoms with E-state index in [-0.39, 0.29) is 22.3 Å². The van der Waals surface area contributed by atoms with Crippen molar-refractivity contribution < 1.29 is 8.39 Å². The Bertz CT molecular complexity index is 431. The molecular formula is C6H7Cl2N3O2S2. The minimum absolute atomic E-state index is 0.133. The molecule has 0 saturated heterocycles. The lowest BCUT2D eigenvalue weighted by atomic mass is 10.6. The predicted molar refractivity (Wildman–Crippen MR) is 61.1 cm³/mol. The second kappa shape index (κ2) is 5.20. The van der Waals surface area contributed by atoms with Crippen LogP contribution in [0.5, 0.6) is 6.01 Å². The van der Waals surface area contributed by atoms with Crippen LogP contribution in [0.25, 0.3) is 0 Å². The van der Waals surface area contributed by atoms with Gasteiger partial charge in [0.15, 0.2) is 8.77 Å². The van der Waals surface area contributed by atoms with Crippen molar-refractivity contribution in [3.05, 3.63) is 10.6 Å². The zero-order valence-electron chi connectivity index (χ0n) is 7.64. The highest BCUT2D eigenvalue weighted by molar-refractivity contribution is 8.30. The third-order valence-electron chi connectivity index (χ3n) is 1.22. The minimum Gasteiger partial charge on any atom is -0.362 e. The Morgan fingerprint density at radius 3 is 2.33 bits per heavy atom. The fourth-order valence-electron chi connectivity index (χ4n) is 0.751. The molecule has 1 unspecified atom stereocenters. The Kier molecular flexibility index (Phi) is 4.45. The van der Waals surface area contributed by atoms with E-state index in [0.29, 0.717) is 6.42 Å². The van der Waals surface area contributed by atoms with Crippen LogP contribution in [0.3, 0.4) is 0 Å². The first-order valence-corrected chi connectivity index (χ1v) is 7.25. The Hall–Kier alpha value is -0.240. The zero-order valence-corrected chi connectivity index (χ0v) is 10.8. The van der Waals surface area contributed by atoms with Gasteiger partial charge >= 0.3 is 6.01 Å². The van der Waals surface area contributed by atoms with Gasteiger partial charge < -0.3 is 4.18 Å². The van der Waals surface area contributed by atoms with E-state index in [2.05, 4.69) is 15.0 Å². The molecule has 0 spiro atoms. The lowest BCUT2D eigenvalue weighted by molar-refractivity contribution is 0.520. The van der Waals surface area contributed by atoms with Crippen LogP contribution in [-0.2, 0) is 20.0 Å². The van der Waals surface area contributed by atoms with Crippen molar-refractivity contribution in [2.75, 3.05) is 5.75 Å². The number of hydrogen-bond acceptors (Lipinski definition) is 6. The highest BCUT2D eigenvalue weighted by atomic mass is 35.5. The molecule has 15 heavy (non-hydrogen) atoms. The average molecular weight is 288 g/mol. The van der Waals surface area contributed by atoms with Gasteiger partial charge in [-0.3, -0.25) is 0 Å². The quantitative estimate of drug-likeness (QED) is 0.839. The molecule has 0 saturated carbocycles. The molecule has 1 atom stereocenters. The van der Waals surface area contributed by atoms with Gasteiger partial charge in [0.1, 0.15) is 0 Å². The predicted octanol–water partition coefficient (Wildman–Crippen LogP) is 1.63. The molecule has 0 aliphatic rings. The first-order valence-electron chi connectivity index (χ1n) is 3.92. The van der Waals surface area contributed by atoms with Crippen molar-refractivity contribution in [1.29, 1.82) is 0 Å². The maximum absolute atomic E-state index is 11.6. The van der Waals surface area contributed by atoms with E-state index in [9.17, 15) is 4.21 Å². The molecule has 0 bridgehead atoms. The summed E-state index contributed by atoms with van der Waals surface area (Å²) in [6.07, 6.45) is 0.634. The summed E-state index contributed by atoms with van der Waals surface area (Å²) >= 11 is 15.7. The van der Waals surface area contributed by atoms with Gasteiger partial charge in [-0.2, -0.15) is 15.0 Å². The van der Waals surface area contributed by atoms with Gasteiger partial charge in [0, 0.05) is 11.2 Å². The summed E-state index contributed by atoms with van der Waals surface area (Å²) in [5.41, 5.74) is 0.